The van der Waals surface area contributed by atoms with Crippen LogP contribution in [0.1, 0.15) is 11.9 Å². The van der Waals surface area contributed by atoms with Crippen LogP contribution in [0.25, 0.3) is 22.3 Å². The molecular formula is C15H14N4O2. The first-order chi connectivity index (χ1) is 10.4. The van der Waals surface area contributed by atoms with E-state index in [-0.39, 0.29) is 6.04 Å². The molecule has 1 aromatic carbocycles. The molecule has 1 saturated heterocycles. The Morgan fingerprint density at radius 3 is 3.14 bits per heavy atom. The van der Waals surface area contributed by atoms with Gasteiger partial charge >= 0.3 is 0 Å². The average molecular weight is 282 g/mol. The van der Waals surface area contributed by atoms with Crippen molar-refractivity contribution in [2.75, 3.05) is 19.8 Å². The van der Waals surface area contributed by atoms with E-state index in [9.17, 15) is 0 Å². The zero-order valence-electron chi connectivity index (χ0n) is 11.3. The smallest absolute Gasteiger partial charge is 0.246 e. The first-order valence-electron chi connectivity index (χ1n) is 6.90. The Balaban J connectivity index is 1.67. The average Bonchev–Trinajstić information content (AvgIpc) is 3.05. The van der Waals surface area contributed by atoms with Crippen molar-refractivity contribution >= 4 is 10.9 Å². The van der Waals surface area contributed by atoms with E-state index >= 15 is 0 Å². The molecule has 0 spiro atoms. The fraction of sp³-hybridized carbons (Fsp3) is 0.267. The highest BCUT2D eigenvalue weighted by molar-refractivity contribution is 5.82. The second kappa shape index (κ2) is 5.23. The van der Waals surface area contributed by atoms with Crippen molar-refractivity contribution in [2.45, 2.75) is 6.04 Å². The van der Waals surface area contributed by atoms with Crippen LogP contribution < -0.4 is 5.32 Å². The van der Waals surface area contributed by atoms with Crippen molar-refractivity contribution in [3.8, 4) is 11.4 Å². The highest BCUT2D eigenvalue weighted by atomic mass is 16.5. The van der Waals surface area contributed by atoms with E-state index in [1.54, 1.807) is 6.20 Å². The lowest BCUT2D eigenvalue weighted by Gasteiger charge is -2.20. The monoisotopic (exact) mass is 282 g/mol. The van der Waals surface area contributed by atoms with Gasteiger partial charge in [-0.2, -0.15) is 4.98 Å². The minimum absolute atomic E-state index is 0.0258. The standard InChI is InChI=1S/C15H14N4O2/c1-2-10-8-11(3-4-12(10)16-5-1)14-18-15(21-19-14)13-9-20-7-6-17-13/h1-5,8,13,17H,6-7,9H2. The Morgan fingerprint density at radius 2 is 2.24 bits per heavy atom. The molecule has 6 heteroatoms. The Labute approximate surface area is 121 Å². The Kier molecular flexibility index (Phi) is 3.10. The van der Waals surface area contributed by atoms with E-state index in [1.165, 1.54) is 0 Å². The van der Waals surface area contributed by atoms with Crippen molar-refractivity contribution in [1.29, 1.82) is 0 Å². The zero-order valence-corrected chi connectivity index (χ0v) is 11.3. The Bertz CT molecular complexity index is 765. The molecule has 106 valence electrons. The lowest BCUT2D eigenvalue weighted by Crippen LogP contribution is -2.34. The maximum absolute atomic E-state index is 5.41. The lowest BCUT2D eigenvalue weighted by molar-refractivity contribution is 0.0659. The fourth-order valence-electron chi connectivity index (χ4n) is 2.43. The van der Waals surface area contributed by atoms with Gasteiger partial charge in [-0.05, 0) is 24.3 Å². The molecule has 3 aromatic rings. The van der Waals surface area contributed by atoms with Gasteiger partial charge in [0.05, 0.1) is 18.7 Å². The molecule has 4 rings (SSSR count). The second-order valence-corrected chi connectivity index (χ2v) is 4.95. The van der Waals surface area contributed by atoms with Crippen LogP contribution in [0.15, 0.2) is 41.1 Å². The third-order valence-electron chi connectivity index (χ3n) is 3.52. The van der Waals surface area contributed by atoms with Crippen LogP contribution in [0.2, 0.25) is 0 Å². The third-order valence-corrected chi connectivity index (χ3v) is 3.52. The number of hydrogen-bond donors (Lipinski definition) is 1. The Hall–Kier alpha value is -2.31. The molecule has 1 aliphatic heterocycles. The van der Waals surface area contributed by atoms with Gasteiger partial charge in [-0.1, -0.05) is 11.2 Å². The number of morpholine rings is 1. The summed E-state index contributed by atoms with van der Waals surface area (Å²) < 4.78 is 10.8. The van der Waals surface area contributed by atoms with Gasteiger partial charge in [-0.15, -0.1) is 0 Å². The summed E-state index contributed by atoms with van der Waals surface area (Å²) in [6, 6.07) is 9.83. The molecule has 0 bridgehead atoms. The summed E-state index contributed by atoms with van der Waals surface area (Å²) in [6.07, 6.45) is 1.78. The van der Waals surface area contributed by atoms with E-state index in [0.29, 0.717) is 18.3 Å². The summed E-state index contributed by atoms with van der Waals surface area (Å²) in [5.41, 5.74) is 1.87. The largest absolute Gasteiger partial charge is 0.378 e. The molecule has 0 aliphatic carbocycles. The molecule has 2 aromatic heterocycles. The predicted molar refractivity (Wildman–Crippen MR) is 76.6 cm³/mol. The van der Waals surface area contributed by atoms with Crippen LogP contribution in [0.3, 0.4) is 0 Å². The van der Waals surface area contributed by atoms with Crippen molar-refractivity contribution in [3.63, 3.8) is 0 Å². The van der Waals surface area contributed by atoms with E-state index < -0.39 is 0 Å². The third kappa shape index (κ3) is 2.39. The molecule has 1 fully saturated rings. The van der Waals surface area contributed by atoms with Crippen LogP contribution >= 0.6 is 0 Å². The molecular weight excluding hydrogens is 268 g/mol. The first kappa shape index (κ1) is 12.4. The van der Waals surface area contributed by atoms with Gasteiger partial charge in [0.1, 0.15) is 6.04 Å². The van der Waals surface area contributed by atoms with Gasteiger partial charge in [0.2, 0.25) is 11.7 Å². The van der Waals surface area contributed by atoms with E-state index in [0.717, 1.165) is 29.6 Å². The molecule has 0 saturated carbocycles. The number of ether oxygens (including phenoxy) is 1. The van der Waals surface area contributed by atoms with Crippen LogP contribution in [-0.2, 0) is 4.74 Å². The minimum Gasteiger partial charge on any atom is -0.378 e. The van der Waals surface area contributed by atoms with Crippen molar-refractivity contribution in [3.05, 3.63) is 42.4 Å². The quantitative estimate of drug-likeness (QED) is 0.774. The van der Waals surface area contributed by atoms with E-state index in [2.05, 4.69) is 20.4 Å². The number of pyridine rings is 1. The topological polar surface area (TPSA) is 73.1 Å². The summed E-state index contributed by atoms with van der Waals surface area (Å²) in [6.45, 7) is 2.07. The molecule has 21 heavy (non-hydrogen) atoms. The van der Waals surface area contributed by atoms with Crippen LogP contribution in [-0.4, -0.2) is 34.9 Å². The van der Waals surface area contributed by atoms with Crippen LogP contribution in [0.5, 0.6) is 0 Å². The molecule has 1 N–H and O–H groups in total. The number of aromatic nitrogens is 3. The van der Waals surface area contributed by atoms with Crippen molar-refractivity contribution in [2.24, 2.45) is 0 Å². The molecule has 1 unspecified atom stereocenters. The molecule has 3 heterocycles. The number of benzene rings is 1. The molecule has 6 nitrogen and oxygen atoms in total. The Morgan fingerprint density at radius 1 is 1.24 bits per heavy atom. The zero-order chi connectivity index (χ0) is 14.1. The van der Waals surface area contributed by atoms with Gasteiger partial charge in [0.15, 0.2) is 0 Å². The highest BCUT2D eigenvalue weighted by Crippen LogP contribution is 2.23. The van der Waals surface area contributed by atoms with Crippen LogP contribution in [0.4, 0.5) is 0 Å². The summed E-state index contributed by atoms with van der Waals surface area (Å²) in [4.78, 5) is 8.77. The summed E-state index contributed by atoms with van der Waals surface area (Å²) in [5, 5.41) is 8.42. The first-order valence-corrected chi connectivity index (χ1v) is 6.90. The minimum atomic E-state index is -0.0258. The number of nitrogens with zero attached hydrogens (tertiary/aromatic N) is 3. The normalized spacial score (nSPS) is 19.0. The van der Waals surface area contributed by atoms with Gasteiger partial charge < -0.3 is 14.6 Å². The van der Waals surface area contributed by atoms with Crippen molar-refractivity contribution in [1.82, 2.24) is 20.4 Å². The lowest BCUT2D eigenvalue weighted by atomic mass is 10.1. The SMILES string of the molecule is c1cnc2ccc(-c3noc(C4COCCN4)n3)cc2c1. The maximum Gasteiger partial charge on any atom is 0.246 e. The molecule has 0 amide bonds. The van der Waals surface area contributed by atoms with Gasteiger partial charge in [0.25, 0.3) is 0 Å². The second-order valence-electron chi connectivity index (χ2n) is 4.95. The van der Waals surface area contributed by atoms with Crippen molar-refractivity contribution < 1.29 is 9.26 Å². The summed E-state index contributed by atoms with van der Waals surface area (Å²) in [7, 11) is 0. The fourth-order valence-corrected chi connectivity index (χ4v) is 2.43. The number of rotatable bonds is 2. The number of nitrogens with one attached hydrogen (secondary N) is 1. The highest BCUT2D eigenvalue weighted by Gasteiger charge is 2.22. The van der Waals surface area contributed by atoms with Gasteiger partial charge in [0, 0.05) is 23.7 Å². The number of hydrogen-bond acceptors (Lipinski definition) is 6. The predicted octanol–water partition coefficient (Wildman–Crippen LogP) is 1.95. The molecule has 0 radical (unpaired) electrons. The van der Waals surface area contributed by atoms with E-state index in [1.807, 2.05) is 30.3 Å². The summed E-state index contributed by atoms with van der Waals surface area (Å²) >= 11 is 0. The van der Waals surface area contributed by atoms with E-state index in [4.69, 9.17) is 9.26 Å². The van der Waals surface area contributed by atoms with Gasteiger partial charge in [-0.3, -0.25) is 4.98 Å². The summed E-state index contributed by atoms with van der Waals surface area (Å²) in [5.74, 6) is 1.15. The molecule has 1 atom stereocenters. The van der Waals surface area contributed by atoms with Crippen LogP contribution in [0, 0.1) is 0 Å². The number of fused-ring (bicyclic) bond motifs is 1. The molecule has 1 aliphatic rings. The van der Waals surface area contributed by atoms with Gasteiger partial charge in [-0.25, -0.2) is 0 Å². The maximum atomic E-state index is 5.41.